The first-order chi connectivity index (χ1) is 31.3. The first-order valence-electron chi connectivity index (χ1n) is 23.7. The molecule has 2 aliphatic rings. The van der Waals surface area contributed by atoms with E-state index in [-0.39, 0.29) is 0 Å². The molecule has 7 aromatic rings. The van der Waals surface area contributed by atoms with Gasteiger partial charge in [0.1, 0.15) is 11.5 Å². The summed E-state index contributed by atoms with van der Waals surface area (Å²) in [4.78, 5) is 2.64. The smallest absolute Gasteiger partial charge is 0.119 e. The highest BCUT2D eigenvalue weighted by Crippen LogP contribution is 2.65. The Labute approximate surface area is 406 Å². The maximum Gasteiger partial charge on any atom is 0.119 e. The Hall–Kier alpha value is -3.94. The molecule has 2 heterocycles. The lowest BCUT2D eigenvalue weighted by Gasteiger charge is -2.35. The number of ether oxygens (including phenoxy) is 2. The van der Waals surface area contributed by atoms with Crippen LogP contribution in [-0.2, 0) is 10.8 Å². The molecule has 0 N–H and O–H groups in total. The van der Waals surface area contributed by atoms with Crippen molar-refractivity contribution in [3.8, 4) is 32.4 Å². The van der Waals surface area contributed by atoms with E-state index in [0.29, 0.717) is 0 Å². The van der Waals surface area contributed by atoms with Crippen molar-refractivity contribution < 1.29 is 9.47 Å². The molecule has 0 radical (unpaired) electrons. The van der Waals surface area contributed by atoms with E-state index in [9.17, 15) is 0 Å². The predicted molar refractivity (Wildman–Crippen MR) is 279 cm³/mol. The Balaban J connectivity index is 1.17. The van der Waals surface area contributed by atoms with E-state index < -0.39 is 10.8 Å². The minimum absolute atomic E-state index is 0.535. The summed E-state index contributed by atoms with van der Waals surface area (Å²) in [5.74, 6) is 1.87. The molecule has 2 aromatic heterocycles. The fraction of sp³-hybridized carbons (Fsp3) is 0.345. The van der Waals surface area contributed by atoms with Crippen LogP contribution >= 0.6 is 54.5 Å². The quantitative estimate of drug-likeness (QED) is 0.0709. The molecule has 2 unspecified atom stereocenters. The fourth-order valence-corrected chi connectivity index (χ4v) is 13.9. The van der Waals surface area contributed by atoms with Gasteiger partial charge >= 0.3 is 0 Å². The van der Waals surface area contributed by atoms with Gasteiger partial charge in [-0.2, -0.15) is 0 Å². The van der Waals surface area contributed by atoms with Crippen LogP contribution in [0.4, 0.5) is 0 Å². The summed E-state index contributed by atoms with van der Waals surface area (Å²) in [6.07, 6.45) is 15.0. The summed E-state index contributed by atoms with van der Waals surface area (Å²) in [5, 5.41) is 0. The molecule has 0 saturated carbocycles. The van der Waals surface area contributed by atoms with Crippen molar-refractivity contribution in [3.63, 3.8) is 0 Å². The van der Waals surface area contributed by atoms with Crippen molar-refractivity contribution in [2.24, 2.45) is 0 Å². The number of benzene rings is 5. The van der Waals surface area contributed by atoms with E-state index in [1.807, 2.05) is 22.7 Å². The number of halogens is 2. The second-order valence-corrected chi connectivity index (χ2v) is 22.9. The lowest BCUT2D eigenvalue weighted by Crippen LogP contribution is -2.30. The lowest BCUT2D eigenvalue weighted by atomic mass is 9.66. The number of hydrogen-bond acceptors (Lipinski definition) is 4. The summed E-state index contributed by atoms with van der Waals surface area (Å²) in [7, 11) is 0. The molecule has 9 rings (SSSR count). The number of hydrogen-bond donors (Lipinski definition) is 0. The van der Waals surface area contributed by atoms with Gasteiger partial charge in [-0.15, -0.1) is 22.7 Å². The van der Waals surface area contributed by atoms with Crippen LogP contribution in [0.25, 0.3) is 20.9 Å². The summed E-state index contributed by atoms with van der Waals surface area (Å²) in [5.41, 5.74) is 14.4. The Bertz CT molecular complexity index is 2490. The van der Waals surface area contributed by atoms with Crippen LogP contribution in [0, 0.1) is 13.8 Å². The van der Waals surface area contributed by atoms with E-state index >= 15 is 0 Å². The summed E-state index contributed by atoms with van der Waals surface area (Å²) in [6, 6.07) is 46.6. The summed E-state index contributed by atoms with van der Waals surface area (Å²) < 4.78 is 15.0. The minimum atomic E-state index is -0.535. The molecular weight excluding hydrogens is 953 g/mol. The van der Waals surface area contributed by atoms with E-state index in [4.69, 9.17) is 9.47 Å². The van der Waals surface area contributed by atoms with Crippen molar-refractivity contribution in [3.05, 3.63) is 185 Å². The van der Waals surface area contributed by atoms with Crippen LogP contribution in [0.3, 0.4) is 0 Å². The van der Waals surface area contributed by atoms with Gasteiger partial charge < -0.3 is 9.47 Å². The largest absolute Gasteiger partial charge is 0.494 e. The van der Waals surface area contributed by atoms with Crippen molar-refractivity contribution in [1.82, 2.24) is 0 Å². The Morgan fingerprint density at radius 3 is 1.09 bits per heavy atom. The van der Waals surface area contributed by atoms with Crippen LogP contribution in [0.15, 0.2) is 129 Å². The molecule has 2 aliphatic carbocycles. The van der Waals surface area contributed by atoms with Crippen molar-refractivity contribution >= 4 is 54.5 Å². The van der Waals surface area contributed by atoms with E-state index in [1.165, 1.54) is 141 Å². The average Bonchev–Trinajstić information content (AvgIpc) is 4.02. The number of rotatable bonds is 20. The molecule has 0 amide bonds. The standard InChI is InChI=1S/C58H60Br2O2S2/c1-5-7-9-11-13-15-33-61-45-29-25-43(26-30-45)57(41-21-17-39(3)18-22-41)49-35-48-50(36-47(49)55-51(57)37-53(59)63-55)58(42-23-19-40(4)20-24-42,52-38-54(60)64-56(48)52)44-27-31-46(32-28-44)62-34-16-14-12-10-8-6-2/h17-32,35-38H,5-16,33-34H2,1-4H3. The molecule has 6 heteroatoms. The predicted octanol–water partition coefficient (Wildman–Crippen LogP) is 18.2. The Kier molecular flexibility index (Phi) is 14.1. The Morgan fingerprint density at radius 2 is 0.734 bits per heavy atom. The maximum absolute atomic E-state index is 6.38. The van der Waals surface area contributed by atoms with Gasteiger partial charge in [-0.1, -0.05) is 162 Å². The van der Waals surface area contributed by atoms with E-state index in [1.54, 1.807) is 0 Å². The third-order valence-electron chi connectivity index (χ3n) is 13.7. The zero-order chi connectivity index (χ0) is 44.3. The van der Waals surface area contributed by atoms with Crippen LogP contribution < -0.4 is 9.47 Å². The molecule has 64 heavy (non-hydrogen) atoms. The zero-order valence-electron chi connectivity index (χ0n) is 37.8. The molecular formula is C58H60Br2O2S2. The zero-order valence-corrected chi connectivity index (χ0v) is 42.6. The van der Waals surface area contributed by atoms with Gasteiger partial charge in [0.2, 0.25) is 0 Å². The third kappa shape index (κ3) is 8.39. The molecule has 0 spiro atoms. The molecule has 5 aromatic carbocycles. The van der Waals surface area contributed by atoms with Crippen molar-refractivity contribution in [2.45, 2.75) is 116 Å². The molecule has 0 saturated heterocycles. The summed E-state index contributed by atoms with van der Waals surface area (Å²) in [6.45, 7) is 10.4. The number of fused-ring (bicyclic) bond motifs is 6. The van der Waals surface area contributed by atoms with Crippen LogP contribution in [0.1, 0.15) is 147 Å². The highest BCUT2D eigenvalue weighted by molar-refractivity contribution is 9.11. The van der Waals surface area contributed by atoms with Crippen molar-refractivity contribution in [1.29, 1.82) is 0 Å². The number of unbranched alkanes of at least 4 members (excludes halogenated alkanes) is 10. The van der Waals surface area contributed by atoms with Gasteiger partial charge in [0.05, 0.1) is 31.6 Å². The second kappa shape index (κ2) is 19.9. The Morgan fingerprint density at radius 1 is 0.406 bits per heavy atom. The molecule has 0 bridgehead atoms. The molecule has 0 fully saturated rings. The molecule has 2 atom stereocenters. The SMILES string of the molecule is CCCCCCCCOc1ccc(C2(c3ccc(C)cc3)c3cc4c(cc3-c3sc(Br)cc32)C(c2ccc(C)cc2)(c2ccc(OCCCCCCCC)cc2)c2cc(Br)sc2-4)cc1. The normalized spacial score (nSPS) is 17.0. The minimum Gasteiger partial charge on any atom is -0.494 e. The van der Waals surface area contributed by atoms with Gasteiger partial charge in [-0.25, -0.2) is 0 Å². The van der Waals surface area contributed by atoms with Gasteiger partial charge in [0.15, 0.2) is 0 Å². The maximum atomic E-state index is 6.38. The van der Waals surface area contributed by atoms with Gasteiger partial charge in [-0.3, -0.25) is 0 Å². The lowest BCUT2D eigenvalue weighted by molar-refractivity contribution is 0.304. The number of aryl methyl sites for hydroxylation is 2. The second-order valence-electron chi connectivity index (χ2n) is 18.0. The van der Waals surface area contributed by atoms with Crippen LogP contribution in [-0.4, -0.2) is 13.2 Å². The van der Waals surface area contributed by atoms with Crippen LogP contribution in [0.5, 0.6) is 11.5 Å². The van der Waals surface area contributed by atoms with E-state index in [0.717, 1.165) is 45.1 Å². The number of thiophene rings is 2. The molecule has 330 valence electrons. The average molecular weight is 1010 g/mol. The van der Waals surface area contributed by atoms with Crippen LogP contribution in [0.2, 0.25) is 0 Å². The highest BCUT2D eigenvalue weighted by Gasteiger charge is 2.52. The van der Waals surface area contributed by atoms with Gasteiger partial charge in [0, 0.05) is 9.75 Å². The van der Waals surface area contributed by atoms with E-state index in [2.05, 4.69) is 181 Å². The molecule has 0 aliphatic heterocycles. The fourth-order valence-electron chi connectivity index (χ4n) is 10.5. The first kappa shape index (κ1) is 45.2. The molecule has 2 nitrogen and oxygen atoms in total. The topological polar surface area (TPSA) is 18.5 Å². The third-order valence-corrected chi connectivity index (χ3v) is 17.1. The summed E-state index contributed by atoms with van der Waals surface area (Å²) >= 11 is 11.7. The monoisotopic (exact) mass is 1010 g/mol. The highest BCUT2D eigenvalue weighted by atomic mass is 79.9. The van der Waals surface area contributed by atoms with Gasteiger partial charge in [-0.05, 0) is 163 Å². The van der Waals surface area contributed by atoms with Crippen molar-refractivity contribution in [2.75, 3.05) is 13.2 Å². The van der Waals surface area contributed by atoms with Gasteiger partial charge in [0.25, 0.3) is 0 Å². The first-order valence-corrected chi connectivity index (χ1v) is 26.9.